The summed E-state index contributed by atoms with van der Waals surface area (Å²) in [4.78, 5) is 2.32. The minimum absolute atomic E-state index is 0.652. The number of benzene rings is 2. The van der Waals surface area contributed by atoms with Crippen LogP contribution in [0.1, 0.15) is 36.6 Å². The predicted octanol–water partition coefficient (Wildman–Crippen LogP) is 4.13. The van der Waals surface area contributed by atoms with Gasteiger partial charge < -0.3 is 14.7 Å². The molecule has 0 aliphatic carbocycles. The van der Waals surface area contributed by atoms with Gasteiger partial charge in [-0.2, -0.15) is 0 Å². The molecule has 0 heterocycles. The van der Waals surface area contributed by atoms with E-state index < -0.39 is 6.10 Å². The number of hydrogen-bond acceptors (Lipinski definition) is 3. The Bertz CT molecular complexity index is 636. The van der Waals surface area contributed by atoms with Gasteiger partial charge in [0.05, 0.1) is 0 Å². The average Bonchev–Trinajstić information content (AvgIpc) is 2.65. The molecule has 3 heteroatoms. The van der Waals surface area contributed by atoms with Gasteiger partial charge in [0, 0.05) is 6.54 Å². The van der Waals surface area contributed by atoms with E-state index in [1.165, 1.54) is 0 Å². The van der Waals surface area contributed by atoms with E-state index in [9.17, 15) is 5.11 Å². The predicted molar refractivity (Wildman–Crippen MR) is 100 cm³/mol. The molecule has 3 nitrogen and oxygen atoms in total. The molecular weight excluding hydrogens is 298 g/mol. The van der Waals surface area contributed by atoms with Crippen LogP contribution in [0.4, 0.5) is 0 Å². The van der Waals surface area contributed by atoms with Crippen LogP contribution in [-0.4, -0.2) is 36.2 Å². The average molecular weight is 325 g/mol. The van der Waals surface area contributed by atoms with Crippen molar-refractivity contribution in [3.63, 3.8) is 0 Å². The lowest BCUT2D eigenvalue weighted by molar-refractivity contribution is 0.217. The molecule has 1 N–H and O–H groups in total. The summed E-state index contributed by atoms with van der Waals surface area (Å²) in [5.41, 5.74) is 2.61. The van der Waals surface area contributed by atoms with Crippen molar-refractivity contribution in [2.45, 2.75) is 20.0 Å². The molecule has 24 heavy (non-hydrogen) atoms. The van der Waals surface area contributed by atoms with Crippen molar-refractivity contribution >= 4 is 6.08 Å². The first-order valence-corrected chi connectivity index (χ1v) is 8.54. The highest BCUT2D eigenvalue weighted by Crippen LogP contribution is 2.28. The quantitative estimate of drug-likeness (QED) is 0.752. The summed E-state index contributed by atoms with van der Waals surface area (Å²) in [5.74, 6) is 0.807. The summed E-state index contributed by atoms with van der Waals surface area (Å²) < 4.78 is 5.85. The number of hydrogen-bond donors (Lipinski definition) is 1. The molecule has 0 spiro atoms. The number of nitrogens with zero attached hydrogens (tertiary/aromatic N) is 1. The van der Waals surface area contributed by atoms with Crippen molar-refractivity contribution in [2.75, 3.05) is 26.2 Å². The monoisotopic (exact) mass is 325 g/mol. The Labute approximate surface area is 145 Å². The highest BCUT2D eigenvalue weighted by atomic mass is 16.5. The second-order valence-corrected chi connectivity index (χ2v) is 5.68. The van der Waals surface area contributed by atoms with Crippen molar-refractivity contribution in [1.29, 1.82) is 0 Å². The molecule has 2 aromatic rings. The summed E-state index contributed by atoms with van der Waals surface area (Å²) in [6.45, 7) is 11.8. The van der Waals surface area contributed by atoms with E-state index in [2.05, 4.69) is 25.3 Å². The van der Waals surface area contributed by atoms with Crippen LogP contribution >= 0.6 is 0 Å². The van der Waals surface area contributed by atoms with Crippen molar-refractivity contribution in [1.82, 2.24) is 4.90 Å². The minimum atomic E-state index is -0.663. The summed E-state index contributed by atoms with van der Waals surface area (Å²) in [5, 5.41) is 10.6. The summed E-state index contributed by atoms with van der Waals surface area (Å²) >= 11 is 0. The Hall–Kier alpha value is -2.10. The van der Waals surface area contributed by atoms with E-state index in [0.29, 0.717) is 6.61 Å². The third kappa shape index (κ3) is 4.70. The number of aliphatic hydroxyl groups excluding tert-OH is 1. The Morgan fingerprint density at radius 2 is 1.83 bits per heavy atom. The minimum Gasteiger partial charge on any atom is -0.492 e. The highest BCUT2D eigenvalue weighted by Gasteiger charge is 2.14. The van der Waals surface area contributed by atoms with Crippen molar-refractivity contribution in [2.24, 2.45) is 0 Å². The van der Waals surface area contributed by atoms with Gasteiger partial charge in [0.1, 0.15) is 18.5 Å². The van der Waals surface area contributed by atoms with Crippen molar-refractivity contribution in [3.05, 3.63) is 71.8 Å². The molecule has 0 saturated carbocycles. The van der Waals surface area contributed by atoms with Gasteiger partial charge in [-0.05, 0) is 41.9 Å². The van der Waals surface area contributed by atoms with Crippen LogP contribution in [-0.2, 0) is 0 Å². The molecule has 0 bridgehead atoms. The van der Waals surface area contributed by atoms with Gasteiger partial charge in [0.25, 0.3) is 0 Å². The number of ether oxygens (including phenoxy) is 1. The van der Waals surface area contributed by atoms with E-state index in [4.69, 9.17) is 4.74 Å². The lowest BCUT2D eigenvalue weighted by atomic mass is 9.96. The topological polar surface area (TPSA) is 32.7 Å². The van der Waals surface area contributed by atoms with Gasteiger partial charge in [-0.3, -0.25) is 0 Å². The summed E-state index contributed by atoms with van der Waals surface area (Å²) in [6, 6.07) is 15.4. The summed E-state index contributed by atoms with van der Waals surface area (Å²) in [6.07, 6.45) is 1.10. The Balaban J connectivity index is 2.09. The van der Waals surface area contributed by atoms with Crippen LogP contribution < -0.4 is 4.74 Å². The fourth-order valence-corrected chi connectivity index (χ4v) is 2.72. The number of rotatable bonds is 9. The van der Waals surface area contributed by atoms with E-state index in [1.54, 1.807) is 6.08 Å². The van der Waals surface area contributed by atoms with E-state index in [-0.39, 0.29) is 0 Å². The zero-order valence-corrected chi connectivity index (χ0v) is 14.6. The molecule has 0 aromatic heterocycles. The van der Waals surface area contributed by atoms with Crippen LogP contribution in [0.3, 0.4) is 0 Å². The molecule has 0 radical (unpaired) electrons. The molecule has 1 unspecified atom stereocenters. The lowest BCUT2D eigenvalue weighted by Crippen LogP contribution is -2.27. The SMILES string of the molecule is C=Cc1cc(OCCN(CC)CC)ccc1C(O)c1ccccc1. The molecule has 0 fully saturated rings. The second-order valence-electron chi connectivity index (χ2n) is 5.68. The molecule has 0 saturated heterocycles. The molecule has 2 aromatic carbocycles. The van der Waals surface area contributed by atoms with Crippen LogP contribution in [0.25, 0.3) is 6.08 Å². The molecular formula is C21H27NO2. The maximum atomic E-state index is 10.6. The third-order valence-electron chi connectivity index (χ3n) is 4.26. The van der Waals surface area contributed by atoms with Gasteiger partial charge >= 0.3 is 0 Å². The zero-order chi connectivity index (χ0) is 17.4. The molecule has 0 amide bonds. The number of likely N-dealkylation sites (N-methyl/N-ethyl adjacent to an activating group) is 1. The standard InChI is InChI=1S/C21H27NO2/c1-4-17-16-19(24-15-14-22(5-2)6-3)12-13-20(17)21(23)18-10-8-7-9-11-18/h4,7-13,16,21,23H,1,5-6,14-15H2,2-3H3. The smallest absolute Gasteiger partial charge is 0.119 e. The first kappa shape index (κ1) is 18.2. The highest BCUT2D eigenvalue weighted by molar-refractivity contribution is 5.56. The Morgan fingerprint density at radius 1 is 1.12 bits per heavy atom. The molecule has 0 aliphatic heterocycles. The van der Waals surface area contributed by atoms with E-state index in [1.807, 2.05) is 48.5 Å². The van der Waals surface area contributed by atoms with Gasteiger partial charge in [-0.25, -0.2) is 0 Å². The van der Waals surface area contributed by atoms with Gasteiger partial charge in [-0.15, -0.1) is 0 Å². The maximum absolute atomic E-state index is 10.6. The number of aliphatic hydroxyl groups is 1. The second kappa shape index (κ2) is 9.26. The van der Waals surface area contributed by atoms with Gasteiger partial charge in [-0.1, -0.05) is 62.9 Å². The Morgan fingerprint density at radius 3 is 2.46 bits per heavy atom. The lowest BCUT2D eigenvalue weighted by Gasteiger charge is -2.19. The van der Waals surface area contributed by atoms with Crippen LogP contribution in [0.15, 0.2) is 55.1 Å². The van der Waals surface area contributed by atoms with Crippen molar-refractivity contribution < 1.29 is 9.84 Å². The van der Waals surface area contributed by atoms with E-state index in [0.717, 1.165) is 42.1 Å². The van der Waals surface area contributed by atoms with Crippen molar-refractivity contribution in [3.8, 4) is 5.75 Å². The largest absolute Gasteiger partial charge is 0.492 e. The van der Waals surface area contributed by atoms with Crippen LogP contribution in [0, 0.1) is 0 Å². The fourth-order valence-electron chi connectivity index (χ4n) is 2.72. The van der Waals surface area contributed by atoms with Crippen LogP contribution in [0.2, 0.25) is 0 Å². The molecule has 2 rings (SSSR count). The zero-order valence-electron chi connectivity index (χ0n) is 14.6. The first-order valence-electron chi connectivity index (χ1n) is 8.54. The fraction of sp³-hybridized carbons (Fsp3) is 0.333. The summed E-state index contributed by atoms with van der Waals surface area (Å²) in [7, 11) is 0. The first-order chi connectivity index (χ1) is 11.7. The molecule has 0 aliphatic rings. The van der Waals surface area contributed by atoms with E-state index >= 15 is 0 Å². The Kier molecular flexibility index (Phi) is 7.04. The normalized spacial score (nSPS) is 12.2. The molecule has 128 valence electrons. The molecule has 1 atom stereocenters. The third-order valence-corrected chi connectivity index (χ3v) is 4.26. The van der Waals surface area contributed by atoms with Gasteiger partial charge in [0.2, 0.25) is 0 Å². The maximum Gasteiger partial charge on any atom is 0.119 e. The van der Waals surface area contributed by atoms with Crippen LogP contribution in [0.5, 0.6) is 5.75 Å². The van der Waals surface area contributed by atoms with Gasteiger partial charge in [0.15, 0.2) is 0 Å².